The van der Waals surface area contributed by atoms with Gasteiger partial charge in [0.1, 0.15) is 12.4 Å². The summed E-state index contributed by atoms with van der Waals surface area (Å²) in [5.74, 6) is 0.852. The number of nitrogens with one attached hydrogen (secondary N) is 1. The molecule has 1 aromatic heterocycles. The lowest BCUT2D eigenvalue weighted by Crippen LogP contribution is -2.29. The first kappa shape index (κ1) is 13.8. The lowest BCUT2D eigenvalue weighted by Gasteiger charge is -2.20. The molecular formula is C16H21NO2. The highest BCUT2D eigenvalue weighted by atomic mass is 16.5. The van der Waals surface area contributed by atoms with E-state index in [1.165, 1.54) is 5.56 Å². The Hall–Kier alpha value is -1.58. The number of rotatable bonds is 7. The average molecular weight is 259 g/mol. The molecule has 2 rings (SSSR count). The van der Waals surface area contributed by atoms with Crippen LogP contribution in [0.2, 0.25) is 0 Å². The van der Waals surface area contributed by atoms with E-state index in [1.54, 1.807) is 6.26 Å². The minimum absolute atomic E-state index is 0.0358. The molecule has 0 aliphatic carbocycles. The zero-order valence-corrected chi connectivity index (χ0v) is 11.5. The summed E-state index contributed by atoms with van der Waals surface area (Å²) in [5.41, 5.74) is 1.18. The smallest absolute Gasteiger partial charge is 0.129 e. The molecule has 1 N–H and O–H groups in total. The Bertz CT molecular complexity index is 451. The number of furan rings is 1. The molecule has 3 heteroatoms. The van der Waals surface area contributed by atoms with Crippen LogP contribution < -0.4 is 5.32 Å². The summed E-state index contributed by atoms with van der Waals surface area (Å²) in [7, 11) is 0. The lowest BCUT2D eigenvalue weighted by atomic mass is 10.1. The summed E-state index contributed by atoms with van der Waals surface area (Å²) in [6.07, 6.45) is 1.71. The van der Waals surface area contributed by atoms with Crippen LogP contribution in [0.1, 0.15) is 31.3 Å². The molecule has 0 aliphatic rings. The average Bonchev–Trinajstić information content (AvgIpc) is 2.93. The summed E-state index contributed by atoms with van der Waals surface area (Å²) in [5, 5.41) is 3.42. The Morgan fingerprint density at radius 3 is 2.53 bits per heavy atom. The van der Waals surface area contributed by atoms with E-state index >= 15 is 0 Å². The second kappa shape index (κ2) is 7.12. The van der Waals surface area contributed by atoms with Gasteiger partial charge in [-0.1, -0.05) is 44.2 Å². The third kappa shape index (κ3) is 4.54. The Morgan fingerprint density at radius 1 is 1.11 bits per heavy atom. The molecule has 0 bridgehead atoms. The fraction of sp³-hybridized carbons (Fsp3) is 0.375. The van der Waals surface area contributed by atoms with Crippen molar-refractivity contribution in [3.8, 4) is 0 Å². The monoisotopic (exact) mass is 259 g/mol. The van der Waals surface area contributed by atoms with Gasteiger partial charge in [-0.15, -0.1) is 0 Å². The maximum absolute atomic E-state index is 5.97. The number of hydrogen-bond donors (Lipinski definition) is 1. The van der Waals surface area contributed by atoms with Gasteiger partial charge in [-0.2, -0.15) is 0 Å². The molecule has 1 heterocycles. The van der Waals surface area contributed by atoms with E-state index in [-0.39, 0.29) is 6.10 Å². The maximum atomic E-state index is 5.97. The van der Waals surface area contributed by atoms with Crippen LogP contribution in [0.15, 0.2) is 53.1 Å². The third-order valence-electron chi connectivity index (χ3n) is 2.89. The van der Waals surface area contributed by atoms with Crippen molar-refractivity contribution in [2.75, 3.05) is 6.54 Å². The molecule has 0 aliphatic heterocycles. The topological polar surface area (TPSA) is 34.4 Å². The highest BCUT2D eigenvalue weighted by molar-refractivity contribution is 5.18. The number of benzene rings is 1. The predicted octanol–water partition coefficient (Wildman–Crippen LogP) is 3.54. The van der Waals surface area contributed by atoms with Crippen LogP contribution in [0.4, 0.5) is 0 Å². The molecule has 1 aromatic carbocycles. The molecule has 0 spiro atoms. The normalized spacial score (nSPS) is 12.8. The largest absolute Gasteiger partial charge is 0.467 e. The molecule has 0 saturated carbocycles. The Labute approximate surface area is 114 Å². The van der Waals surface area contributed by atoms with Crippen LogP contribution in [0.3, 0.4) is 0 Å². The molecule has 0 saturated heterocycles. The van der Waals surface area contributed by atoms with Gasteiger partial charge in [0.15, 0.2) is 0 Å². The fourth-order valence-electron chi connectivity index (χ4n) is 1.86. The molecule has 2 aromatic rings. The van der Waals surface area contributed by atoms with E-state index < -0.39 is 0 Å². The van der Waals surface area contributed by atoms with Crippen molar-refractivity contribution in [2.45, 2.75) is 32.6 Å². The van der Waals surface area contributed by atoms with Gasteiger partial charge in [0, 0.05) is 12.6 Å². The van der Waals surface area contributed by atoms with Crippen LogP contribution in [-0.4, -0.2) is 12.6 Å². The van der Waals surface area contributed by atoms with E-state index in [4.69, 9.17) is 9.15 Å². The van der Waals surface area contributed by atoms with Gasteiger partial charge >= 0.3 is 0 Å². The van der Waals surface area contributed by atoms with Gasteiger partial charge in [-0.3, -0.25) is 0 Å². The summed E-state index contributed by atoms with van der Waals surface area (Å²) in [6.45, 7) is 5.55. The van der Waals surface area contributed by atoms with Crippen LogP contribution >= 0.6 is 0 Å². The zero-order chi connectivity index (χ0) is 13.5. The van der Waals surface area contributed by atoms with Crippen LogP contribution in [-0.2, 0) is 11.3 Å². The molecule has 1 unspecified atom stereocenters. The second-order valence-electron chi connectivity index (χ2n) is 4.85. The predicted molar refractivity (Wildman–Crippen MR) is 75.8 cm³/mol. The van der Waals surface area contributed by atoms with Crippen LogP contribution in [0, 0.1) is 0 Å². The summed E-state index contributed by atoms with van der Waals surface area (Å²) < 4.78 is 11.3. The molecule has 0 fully saturated rings. The fourth-order valence-corrected chi connectivity index (χ4v) is 1.86. The van der Waals surface area contributed by atoms with Gasteiger partial charge in [-0.25, -0.2) is 0 Å². The van der Waals surface area contributed by atoms with Crippen molar-refractivity contribution in [3.63, 3.8) is 0 Å². The zero-order valence-electron chi connectivity index (χ0n) is 11.5. The Kier molecular flexibility index (Phi) is 5.19. The molecule has 0 radical (unpaired) electrons. The van der Waals surface area contributed by atoms with Crippen molar-refractivity contribution in [2.24, 2.45) is 0 Å². The first-order valence-electron chi connectivity index (χ1n) is 6.68. The first-order valence-corrected chi connectivity index (χ1v) is 6.68. The molecule has 3 nitrogen and oxygen atoms in total. The maximum Gasteiger partial charge on any atom is 0.129 e. The van der Waals surface area contributed by atoms with Gasteiger partial charge in [0.05, 0.1) is 12.4 Å². The Morgan fingerprint density at radius 2 is 1.89 bits per heavy atom. The third-order valence-corrected chi connectivity index (χ3v) is 2.89. The van der Waals surface area contributed by atoms with Crippen LogP contribution in [0.25, 0.3) is 0 Å². The van der Waals surface area contributed by atoms with Crippen molar-refractivity contribution in [3.05, 3.63) is 60.1 Å². The van der Waals surface area contributed by atoms with E-state index in [0.29, 0.717) is 12.6 Å². The van der Waals surface area contributed by atoms with Crippen molar-refractivity contribution >= 4 is 0 Å². The van der Waals surface area contributed by atoms with Crippen molar-refractivity contribution < 1.29 is 9.15 Å². The van der Waals surface area contributed by atoms with Gasteiger partial charge in [0.25, 0.3) is 0 Å². The van der Waals surface area contributed by atoms with Gasteiger partial charge in [0.2, 0.25) is 0 Å². The summed E-state index contributed by atoms with van der Waals surface area (Å²) in [6, 6.07) is 14.5. The molecule has 1 atom stereocenters. The highest BCUT2D eigenvalue weighted by Gasteiger charge is 2.13. The Balaban J connectivity index is 1.97. The summed E-state index contributed by atoms with van der Waals surface area (Å²) >= 11 is 0. The SMILES string of the molecule is CC(C)NCC(OCc1ccco1)c1ccccc1. The van der Waals surface area contributed by atoms with Crippen LogP contribution in [0.5, 0.6) is 0 Å². The van der Waals surface area contributed by atoms with E-state index in [9.17, 15) is 0 Å². The first-order chi connectivity index (χ1) is 9.25. The molecular weight excluding hydrogens is 238 g/mol. The highest BCUT2D eigenvalue weighted by Crippen LogP contribution is 2.18. The number of hydrogen-bond acceptors (Lipinski definition) is 3. The van der Waals surface area contributed by atoms with Crippen molar-refractivity contribution in [1.29, 1.82) is 0 Å². The minimum atomic E-state index is 0.0358. The quantitative estimate of drug-likeness (QED) is 0.826. The van der Waals surface area contributed by atoms with Gasteiger partial charge < -0.3 is 14.5 Å². The minimum Gasteiger partial charge on any atom is -0.467 e. The lowest BCUT2D eigenvalue weighted by molar-refractivity contribution is 0.0290. The molecule has 0 amide bonds. The van der Waals surface area contributed by atoms with E-state index in [0.717, 1.165) is 12.3 Å². The molecule has 102 valence electrons. The standard InChI is InChI=1S/C16H21NO2/c1-13(2)17-11-16(14-7-4-3-5-8-14)19-12-15-9-6-10-18-15/h3-10,13,16-17H,11-12H2,1-2H3. The summed E-state index contributed by atoms with van der Waals surface area (Å²) in [4.78, 5) is 0. The molecule has 19 heavy (non-hydrogen) atoms. The number of ether oxygens (including phenoxy) is 1. The van der Waals surface area contributed by atoms with Gasteiger partial charge in [-0.05, 0) is 17.7 Å². The second-order valence-corrected chi connectivity index (χ2v) is 4.85. The van der Waals surface area contributed by atoms with E-state index in [2.05, 4.69) is 31.3 Å². The van der Waals surface area contributed by atoms with Crippen molar-refractivity contribution in [1.82, 2.24) is 5.32 Å². The van der Waals surface area contributed by atoms with E-state index in [1.807, 2.05) is 30.3 Å².